The van der Waals surface area contributed by atoms with E-state index in [0.717, 1.165) is 6.42 Å². The predicted molar refractivity (Wildman–Crippen MR) is 65.1 cm³/mol. The Bertz CT molecular complexity index is 370. The fraction of sp³-hybridized carbons (Fsp3) is 0.364. The molecule has 1 amide bonds. The van der Waals surface area contributed by atoms with E-state index >= 15 is 0 Å². The fourth-order valence-electron chi connectivity index (χ4n) is 1.36. The fourth-order valence-corrected chi connectivity index (χ4v) is 1.36. The number of amides is 1. The highest BCUT2D eigenvalue weighted by atomic mass is 16.5. The third kappa shape index (κ3) is 4.56. The van der Waals surface area contributed by atoms with Crippen LogP contribution in [0.15, 0.2) is 24.3 Å². The molecule has 0 saturated carbocycles. The molecule has 5 nitrogen and oxygen atoms in total. The maximum Gasteiger partial charge on any atom is 0.488 e. The third-order valence-electron chi connectivity index (χ3n) is 2.26. The van der Waals surface area contributed by atoms with Gasteiger partial charge in [0.15, 0.2) is 0 Å². The van der Waals surface area contributed by atoms with Crippen molar-refractivity contribution >= 4 is 18.5 Å². The molecule has 0 aliphatic carbocycles. The van der Waals surface area contributed by atoms with Crippen molar-refractivity contribution < 1.29 is 19.6 Å². The van der Waals surface area contributed by atoms with Gasteiger partial charge in [0.25, 0.3) is 5.91 Å². The largest absolute Gasteiger partial charge is 0.488 e. The molecule has 1 aromatic rings. The van der Waals surface area contributed by atoms with Crippen molar-refractivity contribution in [3.8, 4) is 0 Å². The summed E-state index contributed by atoms with van der Waals surface area (Å²) >= 11 is 0. The number of benzene rings is 1. The van der Waals surface area contributed by atoms with E-state index in [2.05, 4.69) is 5.32 Å². The minimum absolute atomic E-state index is 0.233. The van der Waals surface area contributed by atoms with Gasteiger partial charge in [0.2, 0.25) is 0 Å². The summed E-state index contributed by atoms with van der Waals surface area (Å²) in [6, 6.07) is 6.24. The van der Waals surface area contributed by atoms with Gasteiger partial charge in [-0.1, -0.05) is 12.1 Å². The van der Waals surface area contributed by atoms with Crippen molar-refractivity contribution in [2.45, 2.75) is 6.42 Å². The minimum Gasteiger partial charge on any atom is -0.423 e. The molecule has 0 fully saturated rings. The van der Waals surface area contributed by atoms with Crippen LogP contribution in [0.2, 0.25) is 0 Å². The molecule has 1 rings (SSSR count). The summed E-state index contributed by atoms with van der Waals surface area (Å²) in [6.07, 6.45) is 0.741. The van der Waals surface area contributed by atoms with Crippen molar-refractivity contribution in [2.75, 3.05) is 20.3 Å². The number of hydrogen-bond donors (Lipinski definition) is 3. The number of rotatable bonds is 6. The standard InChI is InChI=1S/C11H16BNO4/c1-17-7-3-6-13-11(14)9-4-2-5-10(8-9)12(15)16/h2,4-5,8,15-16H,3,6-7H2,1H3,(H,13,14). The summed E-state index contributed by atoms with van der Waals surface area (Å²) in [7, 11) is 0.0461. The summed E-state index contributed by atoms with van der Waals surface area (Å²) in [5, 5.41) is 20.7. The number of carbonyl (C=O) groups is 1. The first-order valence-corrected chi connectivity index (χ1v) is 5.38. The van der Waals surface area contributed by atoms with Crippen LogP contribution >= 0.6 is 0 Å². The zero-order valence-electron chi connectivity index (χ0n) is 9.72. The monoisotopic (exact) mass is 237 g/mol. The summed E-state index contributed by atoms with van der Waals surface area (Å²) in [5.74, 6) is -0.233. The molecule has 92 valence electrons. The highest BCUT2D eigenvalue weighted by molar-refractivity contribution is 6.58. The Labute approximate surface area is 101 Å². The number of nitrogens with one attached hydrogen (secondary N) is 1. The second-order valence-corrected chi connectivity index (χ2v) is 3.60. The number of ether oxygens (including phenoxy) is 1. The molecule has 6 heteroatoms. The average molecular weight is 237 g/mol. The van der Waals surface area contributed by atoms with Crippen molar-refractivity contribution in [1.82, 2.24) is 5.32 Å². The lowest BCUT2D eigenvalue weighted by atomic mass is 9.79. The van der Waals surface area contributed by atoms with Crippen LogP contribution in [0.25, 0.3) is 0 Å². The van der Waals surface area contributed by atoms with Gasteiger partial charge >= 0.3 is 7.12 Å². The Morgan fingerprint density at radius 2 is 2.24 bits per heavy atom. The van der Waals surface area contributed by atoms with Gasteiger partial charge in [-0.2, -0.15) is 0 Å². The zero-order chi connectivity index (χ0) is 12.7. The topological polar surface area (TPSA) is 78.8 Å². The normalized spacial score (nSPS) is 10.1. The van der Waals surface area contributed by atoms with Crippen molar-refractivity contribution in [2.24, 2.45) is 0 Å². The SMILES string of the molecule is COCCCNC(=O)c1cccc(B(O)O)c1. The molecule has 0 saturated heterocycles. The van der Waals surface area contributed by atoms with Gasteiger partial charge in [0, 0.05) is 25.8 Å². The molecular weight excluding hydrogens is 221 g/mol. The Balaban J connectivity index is 2.53. The van der Waals surface area contributed by atoms with Gasteiger partial charge in [-0.05, 0) is 24.0 Å². The average Bonchev–Trinajstić information content (AvgIpc) is 2.34. The lowest BCUT2D eigenvalue weighted by molar-refractivity contribution is 0.0948. The van der Waals surface area contributed by atoms with E-state index in [1.54, 1.807) is 25.3 Å². The molecule has 0 aliphatic rings. The van der Waals surface area contributed by atoms with Gasteiger partial charge in [-0.25, -0.2) is 0 Å². The molecule has 0 atom stereocenters. The summed E-state index contributed by atoms with van der Waals surface area (Å²) in [4.78, 5) is 11.7. The van der Waals surface area contributed by atoms with Gasteiger partial charge < -0.3 is 20.1 Å². The molecule has 0 bridgehead atoms. The second-order valence-electron chi connectivity index (χ2n) is 3.60. The molecule has 0 unspecified atom stereocenters. The van der Waals surface area contributed by atoms with Crippen molar-refractivity contribution in [3.63, 3.8) is 0 Å². The summed E-state index contributed by atoms with van der Waals surface area (Å²) in [5.41, 5.74) is 0.711. The van der Waals surface area contributed by atoms with Crippen LogP contribution in [0.4, 0.5) is 0 Å². The Morgan fingerprint density at radius 3 is 2.88 bits per heavy atom. The number of hydrogen-bond acceptors (Lipinski definition) is 4. The number of methoxy groups -OCH3 is 1. The van der Waals surface area contributed by atoms with Crippen LogP contribution in [-0.2, 0) is 4.74 Å². The van der Waals surface area contributed by atoms with E-state index in [1.165, 1.54) is 6.07 Å². The van der Waals surface area contributed by atoms with Crippen LogP contribution in [0, 0.1) is 0 Å². The predicted octanol–water partition coefficient (Wildman–Crippen LogP) is -0.867. The molecule has 0 aliphatic heterocycles. The van der Waals surface area contributed by atoms with Gasteiger partial charge in [-0.15, -0.1) is 0 Å². The third-order valence-corrected chi connectivity index (χ3v) is 2.26. The number of carbonyl (C=O) groups excluding carboxylic acids is 1. The van der Waals surface area contributed by atoms with Crippen LogP contribution in [0.5, 0.6) is 0 Å². The Kier molecular flexibility index (Phi) is 5.69. The first-order chi connectivity index (χ1) is 8.15. The van der Waals surface area contributed by atoms with Crippen LogP contribution in [0.3, 0.4) is 0 Å². The summed E-state index contributed by atoms with van der Waals surface area (Å²) < 4.78 is 4.86. The van der Waals surface area contributed by atoms with E-state index in [4.69, 9.17) is 14.8 Å². The van der Waals surface area contributed by atoms with E-state index in [9.17, 15) is 4.79 Å². The van der Waals surface area contributed by atoms with E-state index in [-0.39, 0.29) is 5.91 Å². The lowest BCUT2D eigenvalue weighted by Gasteiger charge is -2.06. The first-order valence-electron chi connectivity index (χ1n) is 5.38. The summed E-state index contributed by atoms with van der Waals surface area (Å²) in [6.45, 7) is 1.12. The molecule has 3 N–H and O–H groups in total. The molecular formula is C11H16BNO4. The van der Waals surface area contributed by atoms with Gasteiger partial charge in [0.1, 0.15) is 0 Å². The highest BCUT2D eigenvalue weighted by Gasteiger charge is 2.13. The molecule has 1 aromatic carbocycles. The minimum atomic E-state index is -1.56. The molecule has 0 heterocycles. The second kappa shape index (κ2) is 7.06. The van der Waals surface area contributed by atoms with Crippen molar-refractivity contribution in [3.05, 3.63) is 29.8 Å². The van der Waals surface area contributed by atoms with Crippen LogP contribution in [0.1, 0.15) is 16.8 Å². The molecule has 17 heavy (non-hydrogen) atoms. The van der Waals surface area contributed by atoms with Crippen LogP contribution in [-0.4, -0.2) is 43.3 Å². The zero-order valence-corrected chi connectivity index (χ0v) is 9.72. The molecule has 0 aromatic heterocycles. The quantitative estimate of drug-likeness (QED) is 0.444. The van der Waals surface area contributed by atoms with Crippen LogP contribution < -0.4 is 10.8 Å². The van der Waals surface area contributed by atoms with Gasteiger partial charge in [-0.3, -0.25) is 4.79 Å². The maximum absolute atomic E-state index is 11.7. The van der Waals surface area contributed by atoms with Crippen molar-refractivity contribution in [1.29, 1.82) is 0 Å². The Hall–Kier alpha value is -1.37. The highest BCUT2D eigenvalue weighted by Crippen LogP contribution is 1.97. The smallest absolute Gasteiger partial charge is 0.423 e. The maximum atomic E-state index is 11.7. The van der Waals surface area contributed by atoms with E-state index in [1.807, 2.05) is 0 Å². The molecule has 0 radical (unpaired) electrons. The van der Waals surface area contributed by atoms with E-state index < -0.39 is 7.12 Å². The van der Waals surface area contributed by atoms with Gasteiger partial charge in [0.05, 0.1) is 0 Å². The van der Waals surface area contributed by atoms with E-state index in [0.29, 0.717) is 24.2 Å². The lowest BCUT2D eigenvalue weighted by Crippen LogP contribution is -2.32. The Morgan fingerprint density at radius 1 is 1.47 bits per heavy atom. The molecule has 0 spiro atoms. The first kappa shape index (κ1) is 13.7.